The fourth-order valence-corrected chi connectivity index (χ4v) is 1.57. The van der Waals surface area contributed by atoms with Crippen LogP contribution < -0.4 is 15.9 Å². The van der Waals surface area contributed by atoms with E-state index in [-0.39, 0.29) is 17.3 Å². The molecular formula is C12H12N6O4. The van der Waals surface area contributed by atoms with Crippen molar-refractivity contribution in [3.8, 4) is 5.75 Å². The van der Waals surface area contributed by atoms with Gasteiger partial charge in [-0.3, -0.25) is 15.5 Å². The zero-order chi connectivity index (χ0) is 15.9. The van der Waals surface area contributed by atoms with Crippen LogP contribution in [-0.2, 0) is 0 Å². The molecule has 1 aromatic heterocycles. The SMILES string of the molecule is CCOc1ccc(/C=N/Nc2cn[nH]c(=O)n2)cc1[N+](=O)[O-]. The topological polar surface area (TPSA) is 135 Å². The largest absolute Gasteiger partial charge is 0.487 e. The molecule has 0 spiro atoms. The summed E-state index contributed by atoms with van der Waals surface area (Å²) >= 11 is 0. The monoisotopic (exact) mass is 304 g/mol. The van der Waals surface area contributed by atoms with Gasteiger partial charge in [0, 0.05) is 11.6 Å². The Balaban J connectivity index is 2.15. The second-order valence-corrected chi connectivity index (χ2v) is 3.96. The number of nitrogens with zero attached hydrogens (tertiary/aromatic N) is 4. The molecule has 1 heterocycles. The summed E-state index contributed by atoms with van der Waals surface area (Å²) < 4.78 is 5.18. The van der Waals surface area contributed by atoms with E-state index in [1.165, 1.54) is 24.5 Å². The lowest BCUT2D eigenvalue weighted by Gasteiger charge is -2.04. The minimum Gasteiger partial charge on any atom is -0.487 e. The highest BCUT2D eigenvalue weighted by Gasteiger charge is 2.14. The van der Waals surface area contributed by atoms with Crippen LogP contribution in [-0.4, -0.2) is 32.9 Å². The molecule has 0 atom stereocenters. The number of nitro benzene ring substituents is 1. The number of hydrazone groups is 1. The van der Waals surface area contributed by atoms with Gasteiger partial charge in [-0.1, -0.05) is 0 Å². The zero-order valence-corrected chi connectivity index (χ0v) is 11.5. The smallest absolute Gasteiger partial charge is 0.363 e. The molecular weight excluding hydrogens is 292 g/mol. The Kier molecular flexibility index (Phi) is 4.75. The van der Waals surface area contributed by atoms with Crippen LogP contribution in [0.15, 0.2) is 34.3 Å². The van der Waals surface area contributed by atoms with E-state index in [2.05, 4.69) is 25.7 Å². The number of rotatable bonds is 6. The normalized spacial score (nSPS) is 10.6. The van der Waals surface area contributed by atoms with Crippen molar-refractivity contribution >= 4 is 17.7 Å². The van der Waals surface area contributed by atoms with E-state index >= 15 is 0 Å². The van der Waals surface area contributed by atoms with Crippen molar-refractivity contribution in [3.05, 3.63) is 50.6 Å². The molecule has 0 aliphatic carbocycles. The summed E-state index contributed by atoms with van der Waals surface area (Å²) in [4.78, 5) is 25.0. The molecule has 2 rings (SSSR count). The van der Waals surface area contributed by atoms with Crippen molar-refractivity contribution in [2.24, 2.45) is 5.10 Å². The third-order valence-electron chi connectivity index (χ3n) is 2.44. The van der Waals surface area contributed by atoms with E-state index in [0.717, 1.165) is 0 Å². The van der Waals surface area contributed by atoms with Gasteiger partial charge in [0.05, 0.1) is 23.9 Å². The molecule has 0 radical (unpaired) electrons. The predicted molar refractivity (Wildman–Crippen MR) is 78.1 cm³/mol. The van der Waals surface area contributed by atoms with Gasteiger partial charge in [-0.05, 0) is 19.1 Å². The molecule has 0 amide bonds. The lowest BCUT2D eigenvalue weighted by atomic mass is 10.2. The molecule has 0 aliphatic heterocycles. The average molecular weight is 304 g/mol. The molecule has 0 saturated heterocycles. The maximum absolute atomic E-state index is 11.0. The van der Waals surface area contributed by atoms with Gasteiger partial charge in [0.1, 0.15) is 0 Å². The Morgan fingerprint density at radius 2 is 2.36 bits per heavy atom. The fraction of sp³-hybridized carbons (Fsp3) is 0.167. The molecule has 0 unspecified atom stereocenters. The summed E-state index contributed by atoms with van der Waals surface area (Å²) in [7, 11) is 0. The van der Waals surface area contributed by atoms with Gasteiger partial charge in [0.2, 0.25) is 0 Å². The molecule has 0 aliphatic rings. The first-order valence-corrected chi connectivity index (χ1v) is 6.22. The molecule has 22 heavy (non-hydrogen) atoms. The molecule has 0 bridgehead atoms. The van der Waals surface area contributed by atoms with Crippen LogP contribution in [0.3, 0.4) is 0 Å². The maximum atomic E-state index is 11.0. The highest BCUT2D eigenvalue weighted by molar-refractivity contribution is 5.82. The maximum Gasteiger partial charge on any atom is 0.363 e. The van der Waals surface area contributed by atoms with Crippen LogP contribution >= 0.6 is 0 Å². The van der Waals surface area contributed by atoms with Gasteiger partial charge < -0.3 is 4.74 Å². The molecule has 1 aromatic carbocycles. The van der Waals surface area contributed by atoms with Crippen molar-refractivity contribution in [1.82, 2.24) is 15.2 Å². The average Bonchev–Trinajstić information content (AvgIpc) is 2.49. The Labute approximate surface area is 124 Å². The second-order valence-electron chi connectivity index (χ2n) is 3.96. The van der Waals surface area contributed by atoms with Crippen molar-refractivity contribution in [1.29, 1.82) is 0 Å². The number of aromatic nitrogens is 3. The van der Waals surface area contributed by atoms with Crippen LogP contribution in [0.2, 0.25) is 0 Å². The standard InChI is InChI=1S/C12H12N6O4/c1-2-22-10-4-3-8(5-9(10)18(20)21)6-13-16-11-7-14-17-12(19)15-11/h3-7H,2H2,1H3,(H2,15,16,17,19)/b13-6+. The number of nitro groups is 1. The number of hydrogen-bond donors (Lipinski definition) is 2. The number of nitrogens with one attached hydrogen (secondary N) is 2. The molecule has 10 heteroatoms. The van der Waals surface area contributed by atoms with Crippen molar-refractivity contribution in [2.75, 3.05) is 12.0 Å². The number of anilines is 1. The number of ether oxygens (including phenoxy) is 1. The molecule has 2 aromatic rings. The fourth-order valence-electron chi connectivity index (χ4n) is 1.57. The molecule has 0 fully saturated rings. The Hall–Kier alpha value is -3.30. The van der Waals surface area contributed by atoms with Crippen LogP contribution in [0.25, 0.3) is 0 Å². The summed E-state index contributed by atoms with van der Waals surface area (Å²) in [5.41, 5.74) is 2.22. The summed E-state index contributed by atoms with van der Waals surface area (Å²) in [6.45, 7) is 2.07. The minimum absolute atomic E-state index is 0.151. The Morgan fingerprint density at radius 1 is 1.55 bits per heavy atom. The van der Waals surface area contributed by atoms with Crippen molar-refractivity contribution in [2.45, 2.75) is 6.92 Å². The van der Waals surface area contributed by atoms with Gasteiger partial charge in [-0.2, -0.15) is 15.2 Å². The van der Waals surface area contributed by atoms with Crippen molar-refractivity contribution < 1.29 is 9.66 Å². The van der Waals surface area contributed by atoms with E-state index in [0.29, 0.717) is 12.2 Å². The second kappa shape index (κ2) is 6.92. The number of benzene rings is 1. The van der Waals surface area contributed by atoms with Gasteiger partial charge >= 0.3 is 11.4 Å². The van der Waals surface area contributed by atoms with Crippen LogP contribution in [0.5, 0.6) is 5.75 Å². The van der Waals surface area contributed by atoms with Crippen LogP contribution in [0, 0.1) is 10.1 Å². The molecule has 10 nitrogen and oxygen atoms in total. The highest BCUT2D eigenvalue weighted by Crippen LogP contribution is 2.27. The first-order chi connectivity index (χ1) is 10.6. The van der Waals surface area contributed by atoms with Crippen molar-refractivity contribution in [3.63, 3.8) is 0 Å². The summed E-state index contributed by atoms with van der Waals surface area (Å²) in [6, 6.07) is 4.45. The molecule has 2 N–H and O–H groups in total. The van der Waals surface area contributed by atoms with E-state index in [4.69, 9.17) is 4.74 Å². The quantitative estimate of drug-likeness (QED) is 0.460. The highest BCUT2D eigenvalue weighted by atomic mass is 16.6. The molecule has 0 saturated carbocycles. The summed E-state index contributed by atoms with van der Waals surface area (Å²) in [6.07, 6.45) is 2.63. The summed E-state index contributed by atoms with van der Waals surface area (Å²) in [5.74, 6) is 0.346. The van der Waals surface area contributed by atoms with E-state index in [9.17, 15) is 14.9 Å². The Bertz CT molecular complexity index is 757. The van der Waals surface area contributed by atoms with Crippen LogP contribution in [0.1, 0.15) is 12.5 Å². The lowest BCUT2D eigenvalue weighted by molar-refractivity contribution is -0.385. The number of hydrogen-bond acceptors (Lipinski definition) is 8. The number of aromatic amines is 1. The third kappa shape index (κ3) is 3.85. The van der Waals surface area contributed by atoms with Gasteiger partial charge in [-0.15, -0.1) is 0 Å². The lowest BCUT2D eigenvalue weighted by Crippen LogP contribution is -2.13. The minimum atomic E-state index is -0.614. The third-order valence-corrected chi connectivity index (χ3v) is 2.44. The van der Waals surface area contributed by atoms with E-state index in [1.54, 1.807) is 13.0 Å². The molecule has 114 valence electrons. The number of H-pyrrole nitrogens is 1. The zero-order valence-electron chi connectivity index (χ0n) is 11.5. The van der Waals surface area contributed by atoms with Gasteiger partial charge in [0.15, 0.2) is 11.6 Å². The van der Waals surface area contributed by atoms with E-state index < -0.39 is 10.6 Å². The summed E-state index contributed by atoms with van der Waals surface area (Å²) in [5, 5.41) is 20.5. The van der Waals surface area contributed by atoms with E-state index in [1.807, 2.05) is 0 Å². The first-order valence-electron chi connectivity index (χ1n) is 6.22. The first kappa shape index (κ1) is 15.1. The van der Waals surface area contributed by atoms with Gasteiger partial charge in [0.25, 0.3) is 0 Å². The van der Waals surface area contributed by atoms with Crippen LogP contribution in [0.4, 0.5) is 11.5 Å². The predicted octanol–water partition coefficient (Wildman–Crippen LogP) is 0.918. The van der Waals surface area contributed by atoms with Gasteiger partial charge in [-0.25, -0.2) is 9.89 Å². The Morgan fingerprint density at radius 3 is 3.05 bits per heavy atom.